The van der Waals surface area contributed by atoms with Crippen LogP contribution in [0, 0.1) is 0 Å². The second-order valence-electron chi connectivity index (χ2n) is 8.52. The lowest BCUT2D eigenvalue weighted by molar-refractivity contribution is -0.115. The summed E-state index contributed by atoms with van der Waals surface area (Å²) >= 11 is 1.44. The molecule has 0 aliphatic heterocycles. The van der Waals surface area contributed by atoms with Gasteiger partial charge in [0.2, 0.25) is 11.8 Å². The van der Waals surface area contributed by atoms with Crippen LogP contribution < -0.4 is 15.4 Å². The second-order valence-corrected chi connectivity index (χ2v) is 9.93. The van der Waals surface area contributed by atoms with Crippen molar-refractivity contribution in [2.75, 3.05) is 17.7 Å². The number of amides is 2. The molecule has 190 valence electrons. The van der Waals surface area contributed by atoms with Crippen LogP contribution in [-0.2, 0) is 4.79 Å². The molecule has 1 atom stereocenters. The van der Waals surface area contributed by atoms with E-state index in [-0.39, 0.29) is 17.1 Å². The third-order valence-electron chi connectivity index (χ3n) is 5.84. The lowest BCUT2D eigenvalue weighted by atomic mass is 10.2. The number of anilines is 2. The van der Waals surface area contributed by atoms with Crippen LogP contribution in [0.4, 0.5) is 11.4 Å². The molecule has 1 unspecified atom stereocenters. The maximum Gasteiger partial charge on any atom is 0.255 e. The molecule has 0 bridgehead atoms. The van der Waals surface area contributed by atoms with Gasteiger partial charge in [-0.15, -0.1) is 11.8 Å². The number of fused-ring (bicyclic) bond motifs is 1. The number of thioether (sulfide) groups is 1. The molecule has 0 fully saturated rings. The molecule has 7 nitrogen and oxygen atoms in total. The number of carbonyl (C=O) groups is 2. The van der Waals surface area contributed by atoms with Gasteiger partial charge in [0.1, 0.15) is 11.3 Å². The first-order chi connectivity index (χ1) is 18.5. The van der Waals surface area contributed by atoms with Crippen LogP contribution in [0.5, 0.6) is 5.75 Å². The van der Waals surface area contributed by atoms with Gasteiger partial charge in [-0.25, -0.2) is 4.98 Å². The minimum Gasteiger partial charge on any atom is -0.497 e. The van der Waals surface area contributed by atoms with E-state index in [1.54, 1.807) is 31.4 Å². The quantitative estimate of drug-likeness (QED) is 0.216. The van der Waals surface area contributed by atoms with Crippen LogP contribution in [0.2, 0.25) is 0 Å². The largest absolute Gasteiger partial charge is 0.497 e. The van der Waals surface area contributed by atoms with Gasteiger partial charge in [0.15, 0.2) is 5.58 Å². The van der Waals surface area contributed by atoms with Crippen LogP contribution in [-0.4, -0.2) is 29.2 Å². The Morgan fingerprint density at radius 3 is 2.18 bits per heavy atom. The van der Waals surface area contributed by atoms with Crippen molar-refractivity contribution in [1.29, 1.82) is 0 Å². The smallest absolute Gasteiger partial charge is 0.255 e. The number of para-hydroxylation sites is 2. The van der Waals surface area contributed by atoms with E-state index < -0.39 is 0 Å². The number of hydrogen-bond acceptors (Lipinski definition) is 6. The molecular weight excluding hydrogens is 498 g/mol. The van der Waals surface area contributed by atoms with Crippen LogP contribution in [0.15, 0.2) is 106 Å². The normalized spacial score (nSPS) is 11.6. The third kappa shape index (κ3) is 5.87. The number of aromatic nitrogens is 1. The molecule has 0 saturated carbocycles. The third-order valence-corrected chi connectivity index (χ3v) is 6.95. The number of benzene rings is 4. The summed E-state index contributed by atoms with van der Waals surface area (Å²) < 4.78 is 10.9. The van der Waals surface area contributed by atoms with Gasteiger partial charge >= 0.3 is 0 Å². The number of oxazole rings is 1. The number of methoxy groups -OCH3 is 1. The van der Waals surface area contributed by atoms with Gasteiger partial charge in [-0.2, -0.15) is 0 Å². The minimum atomic E-state index is -0.327. The van der Waals surface area contributed by atoms with E-state index in [0.29, 0.717) is 28.6 Å². The van der Waals surface area contributed by atoms with Crippen molar-refractivity contribution < 1.29 is 18.7 Å². The van der Waals surface area contributed by atoms with E-state index in [1.165, 1.54) is 11.8 Å². The summed E-state index contributed by atoms with van der Waals surface area (Å²) in [4.78, 5) is 30.7. The van der Waals surface area contributed by atoms with E-state index in [1.807, 2.05) is 79.7 Å². The fraction of sp³-hybridized carbons (Fsp3) is 0.100. The molecule has 1 aromatic heterocycles. The maximum absolute atomic E-state index is 12.8. The number of ether oxygens (including phenoxy) is 1. The molecule has 0 aliphatic rings. The highest BCUT2D eigenvalue weighted by Gasteiger charge is 2.16. The van der Waals surface area contributed by atoms with Gasteiger partial charge in [0, 0.05) is 27.4 Å². The SMILES string of the molecule is COc1ccc(C(=O)Nc2ccc(SC(C)C(=O)Nc3ccc(-c4nc5ccccc5o4)cc3)cc2)cc1. The Hall–Kier alpha value is -4.56. The summed E-state index contributed by atoms with van der Waals surface area (Å²) in [7, 11) is 1.58. The zero-order valence-electron chi connectivity index (χ0n) is 20.8. The van der Waals surface area contributed by atoms with E-state index in [9.17, 15) is 9.59 Å². The van der Waals surface area contributed by atoms with Crippen molar-refractivity contribution in [3.05, 3.63) is 103 Å². The van der Waals surface area contributed by atoms with E-state index in [4.69, 9.17) is 9.15 Å². The van der Waals surface area contributed by atoms with E-state index in [2.05, 4.69) is 15.6 Å². The summed E-state index contributed by atoms with van der Waals surface area (Å²) in [5.41, 5.74) is 4.28. The summed E-state index contributed by atoms with van der Waals surface area (Å²) in [6, 6.07) is 29.3. The van der Waals surface area contributed by atoms with Gasteiger partial charge in [0.25, 0.3) is 5.91 Å². The van der Waals surface area contributed by atoms with E-state index >= 15 is 0 Å². The lowest BCUT2D eigenvalue weighted by Gasteiger charge is -2.13. The van der Waals surface area contributed by atoms with Crippen molar-refractivity contribution in [3.8, 4) is 17.2 Å². The second kappa shape index (κ2) is 11.2. The summed E-state index contributed by atoms with van der Waals surface area (Å²) in [5.74, 6) is 0.916. The molecule has 0 aliphatic carbocycles. The van der Waals surface area contributed by atoms with Crippen molar-refractivity contribution in [2.45, 2.75) is 17.1 Å². The Morgan fingerprint density at radius 2 is 1.50 bits per heavy atom. The molecule has 2 N–H and O–H groups in total. The first-order valence-corrected chi connectivity index (χ1v) is 12.9. The molecule has 2 amide bonds. The number of nitrogens with zero attached hydrogens (tertiary/aromatic N) is 1. The Labute approximate surface area is 224 Å². The van der Waals surface area contributed by atoms with Gasteiger partial charge in [-0.3, -0.25) is 9.59 Å². The van der Waals surface area contributed by atoms with Crippen molar-refractivity contribution >= 4 is 46.1 Å². The van der Waals surface area contributed by atoms with Gasteiger partial charge in [0.05, 0.1) is 12.4 Å². The highest BCUT2D eigenvalue weighted by Crippen LogP contribution is 2.28. The van der Waals surface area contributed by atoms with Crippen LogP contribution in [0.1, 0.15) is 17.3 Å². The Balaban J connectivity index is 1.15. The number of rotatable bonds is 8. The summed E-state index contributed by atoms with van der Waals surface area (Å²) in [5, 5.41) is 5.50. The monoisotopic (exact) mass is 523 g/mol. The summed E-state index contributed by atoms with van der Waals surface area (Å²) in [6.45, 7) is 1.85. The fourth-order valence-corrected chi connectivity index (χ4v) is 4.62. The predicted molar refractivity (Wildman–Crippen MR) is 151 cm³/mol. The topological polar surface area (TPSA) is 93.5 Å². The molecule has 0 radical (unpaired) electrons. The van der Waals surface area contributed by atoms with Crippen LogP contribution in [0.3, 0.4) is 0 Å². The molecule has 0 saturated heterocycles. The Kier molecular flexibility index (Phi) is 7.42. The molecule has 1 heterocycles. The summed E-state index contributed by atoms with van der Waals surface area (Å²) in [6.07, 6.45) is 0. The molecule has 5 rings (SSSR count). The average Bonchev–Trinajstić information content (AvgIpc) is 3.39. The average molecular weight is 524 g/mol. The van der Waals surface area contributed by atoms with Crippen molar-refractivity contribution in [2.24, 2.45) is 0 Å². The first-order valence-electron chi connectivity index (χ1n) is 12.0. The van der Waals surface area contributed by atoms with Crippen LogP contribution in [0.25, 0.3) is 22.6 Å². The molecule has 4 aromatic carbocycles. The Bertz CT molecular complexity index is 1530. The molecular formula is C30H25N3O4S. The highest BCUT2D eigenvalue weighted by atomic mass is 32.2. The van der Waals surface area contributed by atoms with Crippen molar-refractivity contribution in [1.82, 2.24) is 4.98 Å². The van der Waals surface area contributed by atoms with Crippen LogP contribution >= 0.6 is 11.8 Å². The number of nitrogens with one attached hydrogen (secondary N) is 2. The van der Waals surface area contributed by atoms with Gasteiger partial charge in [-0.05, 0) is 91.9 Å². The molecule has 5 aromatic rings. The first kappa shape index (κ1) is 25.1. The standard InChI is InChI=1S/C30H25N3O4S/c1-19(38-25-17-13-23(14-18-25)32-29(35)20-9-15-24(36-2)16-10-20)28(34)31-22-11-7-21(8-12-22)30-33-26-5-3-4-6-27(26)37-30/h3-19H,1-2H3,(H,31,34)(H,32,35). The highest BCUT2D eigenvalue weighted by molar-refractivity contribution is 8.00. The molecule has 8 heteroatoms. The van der Waals surface area contributed by atoms with Gasteiger partial charge in [-0.1, -0.05) is 12.1 Å². The zero-order valence-corrected chi connectivity index (χ0v) is 21.6. The number of carbonyl (C=O) groups excluding carboxylic acids is 2. The number of hydrogen-bond donors (Lipinski definition) is 2. The Morgan fingerprint density at radius 1 is 0.842 bits per heavy atom. The van der Waals surface area contributed by atoms with Gasteiger partial charge < -0.3 is 19.8 Å². The lowest BCUT2D eigenvalue weighted by Crippen LogP contribution is -2.22. The van der Waals surface area contributed by atoms with Crippen molar-refractivity contribution in [3.63, 3.8) is 0 Å². The minimum absolute atomic E-state index is 0.110. The predicted octanol–water partition coefficient (Wildman–Crippen LogP) is 6.88. The van der Waals surface area contributed by atoms with E-state index in [0.717, 1.165) is 21.6 Å². The fourth-order valence-electron chi connectivity index (χ4n) is 3.76. The molecule has 38 heavy (non-hydrogen) atoms. The molecule has 0 spiro atoms. The zero-order chi connectivity index (χ0) is 26.5. The maximum atomic E-state index is 12.8.